The monoisotopic (exact) mass is 340 g/mol. The van der Waals surface area contributed by atoms with Gasteiger partial charge in [-0.15, -0.1) is 0 Å². The summed E-state index contributed by atoms with van der Waals surface area (Å²) in [6, 6.07) is 4.05. The van der Waals surface area contributed by atoms with Gasteiger partial charge in [-0.05, 0) is 23.3 Å². The lowest BCUT2D eigenvalue weighted by molar-refractivity contribution is 1.23. The maximum atomic E-state index is 4.18. The van der Waals surface area contributed by atoms with Crippen molar-refractivity contribution in [3.8, 4) is 11.1 Å². The Morgan fingerprint density at radius 2 is 1.25 bits per heavy atom. The van der Waals surface area contributed by atoms with Gasteiger partial charge in [-0.2, -0.15) is 0 Å². The molecular weight excluding hydrogens is 332 g/mol. The van der Waals surface area contributed by atoms with E-state index in [0.717, 1.165) is 21.8 Å². The second-order valence-corrected chi connectivity index (χ2v) is 4.45. The van der Waals surface area contributed by atoms with E-state index in [0.29, 0.717) is 0 Å². The van der Waals surface area contributed by atoms with Crippen molar-refractivity contribution in [3.63, 3.8) is 0 Å². The molecule has 0 aromatic carbocycles. The summed E-state index contributed by atoms with van der Waals surface area (Å²) in [6.45, 7) is 0. The van der Waals surface area contributed by atoms with Crippen LogP contribution < -0.4 is 0 Å². The number of nitrogens with zero attached hydrogens (tertiary/aromatic N) is 2. The van der Waals surface area contributed by atoms with Crippen LogP contribution in [0.25, 0.3) is 11.1 Å². The van der Waals surface area contributed by atoms with E-state index in [-0.39, 0.29) is 0 Å². The smallest absolute Gasteiger partial charge is 0.0350 e. The van der Waals surface area contributed by atoms with E-state index >= 15 is 0 Å². The Labute approximate surface area is 111 Å². The molecule has 0 amide bonds. The van der Waals surface area contributed by atoms with Crippen LogP contribution >= 0.6 is 31.9 Å². The maximum absolute atomic E-state index is 4.18. The van der Waals surface area contributed by atoms with Gasteiger partial charge in [-0.25, -0.2) is 0 Å². The average Bonchev–Trinajstić information content (AvgIpc) is 2.38. The van der Waals surface area contributed by atoms with Crippen LogP contribution in [0.15, 0.2) is 36.9 Å². The van der Waals surface area contributed by atoms with Gasteiger partial charge < -0.3 is 0 Å². The van der Waals surface area contributed by atoms with Crippen molar-refractivity contribution in [2.45, 2.75) is 10.7 Å². The lowest BCUT2D eigenvalue weighted by Crippen LogP contribution is -1.92. The number of pyridine rings is 2. The molecule has 82 valence electrons. The van der Waals surface area contributed by atoms with Crippen LogP contribution in [-0.2, 0) is 10.7 Å². The molecule has 0 spiro atoms. The lowest BCUT2D eigenvalue weighted by atomic mass is 10.0. The number of rotatable bonds is 3. The Balaban J connectivity index is 2.58. The summed E-state index contributed by atoms with van der Waals surface area (Å²) in [5, 5.41) is 1.64. The van der Waals surface area contributed by atoms with Crippen molar-refractivity contribution in [2.24, 2.45) is 0 Å². The summed E-state index contributed by atoms with van der Waals surface area (Å²) in [7, 11) is 0. The molecule has 0 bridgehead atoms. The molecule has 2 aromatic heterocycles. The summed E-state index contributed by atoms with van der Waals surface area (Å²) < 4.78 is 0. The Hall–Kier alpha value is -0.740. The molecule has 2 rings (SSSR count). The van der Waals surface area contributed by atoms with Crippen molar-refractivity contribution in [3.05, 3.63) is 48.0 Å². The molecule has 0 saturated carbocycles. The minimum absolute atomic E-state index is 0.821. The SMILES string of the molecule is BrCc1ccncc1-c1cnccc1CBr. The topological polar surface area (TPSA) is 25.8 Å². The van der Waals surface area contributed by atoms with Gasteiger partial charge >= 0.3 is 0 Å². The fourth-order valence-electron chi connectivity index (χ4n) is 1.56. The van der Waals surface area contributed by atoms with E-state index in [9.17, 15) is 0 Å². The Kier molecular flexibility index (Phi) is 4.07. The minimum Gasteiger partial charge on any atom is -0.264 e. The lowest BCUT2D eigenvalue weighted by Gasteiger charge is -2.09. The van der Waals surface area contributed by atoms with E-state index in [1.54, 1.807) is 0 Å². The van der Waals surface area contributed by atoms with Crippen LogP contribution in [0.4, 0.5) is 0 Å². The first-order valence-electron chi connectivity index (χ1n) is 4.85. The first-order chi connectivity index (χ1) is 7.86. The van der Waals surface area contributed by atoms with Crippen LogP contribution in [0, 0.1) is 0 Å². The van der Waals surface area contributed by atoms with E-state index in [4.69, 9.17) is 0 Å². The molecule has 4 heteroatoms. The van der Waals surface area contributed by atoms with Gasteiger partial charge in [-0.3, -0.25) is 9.97 Å². The number of hydrogen-bond donors (Lipinski definition) is 0. The standard InChI is InChI=1S/C12H10Br2N2/c13-5-9-1-3-15-7-11(9)12-8-16-4-2-10(12)6-14/h1-4,7-8H,5-6H2. The van der Waals surface area contributed by atoms with Gasteiger partial charge in [-0.1, -0.05) is 31.9 Å². The fraction of sp³-hybridized carbons (Fsp3) is 0.167. The molecule has 0 aliphatic carbocycles. The predicted octanol–water partition coefficient (Wildman–Crippen LogP) is 3.93. The highest BCUT2D eigenvalue weighted by Gasteiger charge is 2.08. The molecule has 16 heavy (non-hydrogen) atoms. The second kappa shape index (κ2) is 5.55. The molecule has 2 heterocycles. The van der Waals surface area contributed by atoms with Crippen LogP contribution in [0.5, 0.6) is 0 Å². The van der Waals surface area contributed by atoms with Gasteiger partial charge in [0.15, 0.2) is 0 Å². The normalized spacial score (nSPS) is 10.4. The largest absolute Gasteiger partial charge is 0.264 e. The van der Waals surface area contributed by atoms with Crippen molar-refractivity contribution in [2.75, 3.05) is 0 Å². The maximum Gasteiger partial charge on any atom is 0.0350 e. The number of aromatic nitrogens is 2. The zero-order valence-corrected chi connectivity index (χ0v) is 11.7. The number of hydrogen-bond acceptors (Lipinski definition) is 2. The molecule has 0 atom stereocenters. The minimum atomic E-state index is 0.821. The van der Waals surface area contributed by atoms with Crippen LogP contribution in [0.1, 0.15) is 11.1 Å². The highest BCUT2D eigenvalue weighted by atomic mass is 79.9. The van der Waals surface area contributed by atoms with E-state index in [1.165, 1.54) is 11.1 Å². The third-order valence-electron chi connectivity index (χ3n) is 2.40. The van der Waals surface area contributed by atoms with Crippen LogP contribution in [0.3, 0.4) is 0 Å². The summed E-state index contributed by atoms with van der Waals surface area (Å²) in [5.74, 6) is 0. The molecule has 2 aromatic rings. The van der Waals surface area contributed by atoms with Crippen molar-refractivity contribution in [1.82, 2.24) is 9.97 Å². The molecule has 0 aliphatic heterocycles. The summed E-state index contributed by atoms with van der Waals surface area (Å²) in [4.78, 5) is 8.36. The predicted molar refractivity (Wildman–Crippen MR) is 72.7 cm³/mol. The van der Waals surface area contributed by atoms with E-state index in [2.05, 4.69) is 41.8 Å². The van der Waals surface area contributed by atoms with Crippen molar-refractivity contribution >= 4 is 31.9 Å². The Bertz CT molecular complexity index is 440. The molecule has 0 aliphatic rings. The molecule has 0 radical (unpaired) electrons. The fourth-order valence-corrected chi connectivity index (χ4v) is 2.54. The molecular formula is C12H10Br2N2. The van der Waals surface area contributed by atoms with Gasteiger partial charge in [0.05, 0.1) is 0 Å². The van der Waals surface area contributed by atoms with Crippen molar-refractivity contribution < 1.29 is 0 Å². The Morgan fingerprint density at radius 3 is 1.62 bits per heavy atom. The zero-order chi connectivity index (χ0) is 11.4. The van der Waals surface area contributed by atoms with Gasteiger partial charge in [0.2, 0.25) is 0 Å². The highest BCUT2D eigenvalue weighted by molar-refractivity contribution is 9.08. The Morgan fingerprint density at radius 1 is 0.812 bits per heavy atom. The van der Waals surface area contributed by atoms with Crippen LogP contribution in [-0.4, -0.2) is 9.97 Å². The molecule has 0 saturated heterocycles. The van der Waals surface area contributed by atoms with E-state index < -0.39 is 0 Å². The second-order valence-electron chi connectivity index (χ2n) is 3.33. The third-order valence-corrected chi connectivity index (χ3v) is 3.61. The third kappa shape index (κ3) is 2.33. The number of halogens is 2. The number of alkyl halides is 2. The summed E-state index contributed by atoms with van der Waals surface area (Å²) in [6.07, 6.45) is 7.40. The van der Waals surface area contributed by atoms with Crippen LogP contribution in [0.2, 0.25) is 0 Å². The van der Waals surface area contributed by atoms with Gasteiger partial charge in [0.1, 0.15) is 0 Å². The van der Waals surface area contributed by atoms with Crippen molar-refractivity contribution in [1.29, 1.82) is 0 Å². The zero-order valence-electron chi connectivity index (χ0n) is 8.53. The van der Waals surface area contributed by atoms with Gasteiger partial charge in [0, 0.05) is 46.6 Å². The quantitative estimate of drug-likeness (QED) is 0.790. The molecule has 0 N–H and O–H groups in total. The first kappa shape index (κ1) is 11.7. The average molecular weight is 342 g/mol. The van der Waals surface area contributed by atoms with E-state index in [1.807, 2.05) is 36.9 Å². The molecule has 0 fully saturated rings. The van der Waals surface area contributed by atoms with Gasteiger partial charge in [0.25, 0.3) is 0 Å². The summed E-state index contributed by atoms with van der Waals surface area (Å²) in [5.41, 5.74) is 4.74. The highest BCUT2D eigenvalue weighted by Crippen LogP contribution is 2.28. The first-order valence-corrected chi connectivity index (χ1v) is 7.09. The molecule has 0 unspecified atom stereocenters. The summed E-state index contributed by atoms with van der Waals surface area (Å²) >= 11 is 6.98. The molecule has 2 nitrogen and oxygen atoms in total.